The Morgan fingerprint density at radius 2 is 1.74 bits per heavy atom. The zero-order valence-corrected chi connectivity index (χ0v) is 22.2. The van der Waals surface area contributed by atoms with Crippen LogP contribution in [-0.4, -0.2) is 35.7 Å². The minimum atomic E-state index is -0.452. The molecule has 0 aliphatic rings. The van der Waals surface area contributed by atoms with Crippen LogP contribution in [-0.2, 0) is 0 Å². The molecule has 0 atom stereocenters. The maximum absolute atomic E-state index is 12.7. The molecule has 0 saturated heterocycles. The highest BCUT2D eigenvalue weighted by Crippen LogP contribution is 2.30. The van der Waals surface area contributed by atoms with Crippen LogP contribution in [0.25, 0.3) is 6.08 Å². The number of hydrazone groups is 1. The van der Waals surface area contributed by atoms with Crippen LogP contribution in [0.4, 0.5) is 16.5 Å². The molecule has 0 spiro atoms. The van der Waals surface area contributed by atoms with E-state index in [1.165, 1.54) is 23.5 Å². The molecule has 0 aliphatic carbocycles. The summed E-state index contributed by atoms with van der Waals surface area (Å²) >= 11 is 1.34. The molecule has 1 amide bonds. The third kappa shape index (κ3) is 6.84. The standard InChI is InChI=1S/C28H25N5O5S/c1-18-26(39-28(29-18)30-21-11-13-22(14-12-21)33(35)36)23(31-32-27(34)20-7-5-4-6-8-20)15-9-19-10-16-24(37-2)25(17-19)38-3/h4-17H,1-3H3,(H,29,30)(H,32,34)/b15-9+,31-23+. The van der Waals surface area contributed by atoms with Gasteiger partial charge >= 0.3 is 0 Å². The molecule has 1 aromatic heterocycles. The Balaban J connectivity index is 1.64. The Bertz CT molecular complexity index is 1530. The lowest BCUT2D eigenvalue weighted by molar-refractivity contribution is -0.384. The third-order valence-corrected chi connectivity index (χ3v) is 6.61. The van der Waals surface area contributed by atoms with Gasteiger partial charge in [0.05, 0.1) is 29.7 Å². The van der Waals surface area contributed by atoms with E-state index in [0.29, 0.717) is 39.3 Å². The van der Waals surface area contributed by atoms with Crippen molar-refractivity contribution in [3.05, 3.63) is 111 Å². The maximum Gasteiger partial charge on any atom is 0.271 e. The number of ether oxygens (including phenoxy) is 2. The highest BCUT2D eigenvalue weighted by Gasteiger charge is 2.14. The smallest absolute Gasteiger partial charge is 0.271 e. The molecule has 4 rings (SSSR count). The molecule has 0 saturated carbocycles. The first kappa shape index (κ1) is 27.0. The van der Waals surface area contributed by atoms with Crippen LogP contribution in [0.3, 0.4) is 0 Å². The van der Waals surface area contributed by atoms with Crippen LogP contribution in [0.5, 0.6) is 11.5 Å². The first-order chi connectivity index (χ1) is 18.9. The number of anilines is 2. The number of allylic oxidation sites excluding steroid dienone is 1. The van der Waals surface area contributed by atoms with Gasteiger partial charge in [0, 0.05) is 23.4 Å². The number of benzene rings is 3. The van der Waals surface area contributed by atoms with Gasteiger partial charge in [-0.05, 0) is 55.0 Å². The van der Waals surface area contributed by atoms with E-state index in [0.717, 1.165) is 10.4 Å². The Morgan fingerprint density at radius 3 is 2.41 bits per heavy atom. The minimum absolute atomic E-state index is 0.000403. The lowest BCUT2D eigenvalue weighted by atomic mass is 10.1. The normalized spacial score (nSPS) is 11.3. The number of thiazole rings is 1. The molecule has 0 fully saturated rings. The summed E-state index contributed by atoms with van der Waals surface area (Å²) in [7, 11) is 3.14. The molecule has 0 bridgehead atoms. The van der Waals surface area contributed by atoms with Crippen LogP contribution in [0.1, 0.15) is 26.5 Å². The molecule has 0 unspecified atom stereocenters. The van der Waals surface area contributed by atoms with Gasteiger partial charge < -0.3 is 14.8 Å². The first-order valence-corrected chi connectivity index (χ1v) is 12.5. The van der Waals surface area contributed by atoms with E-state index in [2.05, 4.69) is 20.8 Å². The van der Waals surface area contributed by atoms with E-state index in [1.54, 1.807) is 62.8 Å². The maximum atomic E-state index is 12.7. The van der Waals surface area contributed by atoms with Crippen molar-refractivity contribution in [1.29, 1.82) is 0 Å². The van der Waals surface area contributed by atoms with Crippen LogP contribution < -0.4 is 20.2 Å². The fourth-order valence-corrected chi connectivity index (χ4v) is 4.49. The molecule has 0 aliphatic heterocycles. The van der Waals surface area contributed by atoms with Gasteiger partial charge in [0.1, 0.15) is 5.71 Å². The number of methoxy groups -OCH3 is 2. The van der Waals surface area contributed by atoms with Gasteiger partial charge in [-0.25, -0.2) is 10.4 Å². The van der Waals surface area contributed by atoms with Crippen molar-refractivity contribution in [2.75, 3.05) is 19.5 Å². The number of carbonyl (C=O) groups excluding carboxylic acids is 1. The summed E-state index contributed by atoms with van der Waals surface area (Å²) in [6, 6.07) is 20.4. The molecule has 39 heavy (non-hydrogen) atoms. The van der Waals surface area contributed by atoms with Crippen LogP contribution in [0, 0.1) is 17.0 Å². The number of nitro benzene ring substituents is 1. The second kappa shape index (κ2) is 12.5. The number of carbonyl (C=O) groups is 1. The van der Waals surface area contributed by atoms with E-state index in [1.807, 2.05) is 31.2 Å². The molecule has 2 N–H and O–H groups in total. The molecule has 0 radical (unpaired) electrons. The highest BCUT2D eigenvalue weighted by atomic mass is 32.1. The van der Waals surface area contributed by atoms with Gasteiger partial charge in [-0.2, -0.15) is 5.10 Å². The monoisotopic (exact) mass is 543 g/mol. The molecular weight excluding hydrogens is 518 g/mol. The fraction of sp³-hybridized carbons (Fsp3) is 0.107. The lowest BCUT2D eigenvalue weighted by Crippen LogP contribution is -2.19. The third-order valence-electron chi connectivity index (χ3n) is 5.51. The Hall–Kier alpha value is -5.03. The van der Waals surface area contributed by atoms with Gasteiger partial charge in [0.15, 0.2) is 16.6 Å². The SMILES string of the molecule is COc1ccc(/C=C/C(=N\NC(=O)c2ccccc2)c2sc(Nc3ccc([N+](=O)[O-])cc3)nc2C)cc1OC. The van der Waals surface area contributed by atoms with Crippen LogP contribution in [0.15, 0.2) is 84.0 Å². The number of nitrogens with zero attached hydrogens (tertiary/aromatic N) is 3. The predicted molar refractivity (Wildman–Crippen MR) is 152 cm³/mol. The van der Waals surface area contributed by atoms with Crippen molar-refractivity contribution < 1.29 is 19.2 Å². The number of nitro groups is 1. The second-order valence-corrected chi connectivity index (χ2v) is 9.11. The van der Waals surface area contributed by atoms with E-state index in [9.17, 15) is 14.9 Å². The summed E-state index contributed by atoms with van der Waals surface area (Å²) in [4.78, 5) is 28.5. The van der Waals surface area contributed by atoms with Gasteiger partial charge in [0.25, 0.3) is 11.6 Å². The number of hydrogen-bond acceptors (Lipinski definition) is 9. The summed E-state index contributed by atoms with van der Waals surface area (Å²) in [5, 5.41) is 19.1. The summed E-state index contributed by atoms with van der Waals surface area (Å²) < 4.78 is 10.7. The summed E-state index contributed by atoms with van der Waals surface area (Å²) in [6.45, 7) is 1.84. The van der Waals surface area contributed by atoms with Gasteiger partial charge in [-0.3, -0.25) is 14.9 Å². The number of aryl methyl sites for hydroxylation is 1. The molecule has 11 heteroatoms. The number of rotatable bonds is 10. The van der Waals surface area contributed by atoms with Gasteiger partial charge in [-0.1, -0.05) is 41.7 Å². The van der Waals surface area contributed by atoms with Gasteiger partial charge in [0.2, 0.25) is 0 Å². The molecule has 4 aromatic rings. The topological polar surface area (TPSA) is 128 Å². The average molecular weight is 544 g/mol. The van der Waals surface area contributed by atoms with E-state index in [-0.39, 0.29) is 11.6 Å². The predicted octanol–water partition coefficient (Wildman–Crippen LogP) is 5.97. The summed E-state index contributed by atoms with van der Waals surface area (Å²) in [5.74, 6) is 0.844. The second-order valence-electron chi connectivity index (χ2n) is 8.11. The molecule has 1 heterocycles. The summed E-state index contributed by atoms with van der Waals surface area (Å²) in [6.07, 6.45) is 3.63. The molecular formula is C28H25N5O5S. The Morgan fingerprint density at radius 1 is 1.03 bits per heavy atom. The minimum Gasteiger partial charge on any atom is -0.493 e. The molecule has 10 nitrogen and oxygen atoms in total. The molecule has 198 valence electrons. The van der Waals surface area contributed by atoms with Gasteiger partial charge in [-0.15, -0.1) is 0 Å². The van der Waals surface area contributed by atoms with Crippen molar-refractivity contribution in [2.24, 2.45) is 5.10 Å². The van der Waals surface area contributed by atoms with Crippen molar-refractivity contribution in [3.8, 4) is 11.5 Å². The number of hydrogen-bond donors (Lipinski definition) is 2. The van der Waals surface area contributed by atoms with Crippen molar-refractivity contribution >= 4 is 45.5 Å². The summed E-state index contributed by atoms with van der Waals surface area (Å²) in [5.41, 5.74) is 5.76. The zero-order chi connectivity index (χ0) is 27.8. The quantitative estimate of drug-likeness (QED) is 0.143. The number of non-ortho nitro benzene ring substituents is 1. The average Bonchev–Trinajstić information content (AvgIpc) is 3.32. The van der Waals surface area contributed by atoms with E-state index in [4.69, 9.17) is 9.47 Å². The number of nitrogens with one attached hydrogen (secondary N) is 2. The lowest BCUT2D eigenvalue weighted by Gasteiger charge is -2.08. The van der Waals surface area contributed by atoms with Crippen molar-refractivity contribution in [1.82, 2.24) is 10.4 Å². The zero-order valence-electron chi connectivity index (χ0n) is 21.4. The van der Waals surface area contributed by atoms with E-state index < -0.39 is 4.92 Å². The van der Waals surface area contributed by atoms with Crippen LogP contribution >= 0.6 is 11.3 Å². The Labute approximate surface area is 228 Å². The highest BCUT2D eigenvalue weighted by molar-refractivity contribution is 7.17. The first-order valence-electron chi connectivity index (χ1n) is 11.7. The largest absolute Gasteiger partial charge is 0.493 e. The van der Waals surface area contributed by atoms with Crippen molar-refractivity contribution in [2.45, 2.75) is 6.92 Å². The van der Waals surface area contributed by atoms with E-state index >= 15 is 0 Å². The Kier molecular flexibility index (Phi) is 8.64. The number of aromatic nitrogens is 1. The van der Waals surface area contributed by atoms with Crippen LogP contribution in [0.2, 0.25) is 0 Å². The number of amides is 1. The molecule has 3 aromatic carbocycles. The van der Waals surface area contributed by atoms with Crippen molar-refractivity contribution in [3.63, 3.8) is 0 Å². The fourth-order valence-electron chi connectivity index (χ4n) is 3.54.